The normalized spacial score (nSPS) is 12.8. The Balaban J connectivity index is 2.01. The zero-order valence-corrected chi connectivity index (χ0v) is 12.6. The quantitative estimate of drug-likeness (QED) is 0.751. The van der Waals surface area contributed by atoms with Gasteiger partial charge in [0.05, 0.1) is 15.5 Å². The monoisotopic (exact) mass is 311 g/mol. The third-order valence-corrected chi connectivity index (χ3v) is 4.01. The fourth-order valence-corrected chi connectivity index (χ4v) is 2.93. The second-order valence-electron chi connectivity index (χ2n) is 4.83. The Morgan fingerprint density at radius 1 is 1.27 bits per heavy atom. The molecule has 3 rings (SSSR count). The molecule has 4 nitrogen and oxygen atoms in total. The fraction of sp³-hybridized carbons (Fsp3) is 0.0588. The lowest BCUT2D eigenvalue weighted by Crippen LogP contribution is -2.20. The van der Waals surface area contributed by atoms with Crippen LogP contribution in [0.2, 0.25) is 0 Å². The van der Waals surface area contributed by atoms with E-state index >= 15 is 0 Å². The minimum atomic E-state index is -0.274. The molecule has 5 heteroatoms. The number of carbonyl (C=O) groups excluding carboxylic acids is 1. The van der Waals surface area contributed by atoms with Gasteiger partial charge in [-0.2, -0.15) is 0 Å². The number of ketones is 1. The average Bonchev–Trinajstić information content (AvgIpc) is 3.10. The molecular formula is C17H13NO3S. The first kappa shape index (κ1) is 14.3. The number of carbonyl (C=O) groups is 1. The summed E-state index contributed by atoms with van der Waals surface area (Å²) in [6.45, 7) is 2.00. The molecule has 2 aromatic heterocycles. The van der Waals surface area contributed by atoms with Crippen molar-refractivity contribution in [1.82, 2.24) is 4.98 Å². The van der Waals surface area contributed by atoms with E-state index in [1.807, 2.05) is 37.3 Å². The topological polar surface area (TPSA) is 63.1 Å². The van der Waals surface area contributed by atoms with Gasteiger partial charge in [-0.25, -0.2) is 0 Å². The molecule has 0 spiro atoms. The zero-order valence-electron chi connectivity index (χ0n) is 11.8. The van der Waals surface area contributed by atoms with Crippen LogP contribution < -0.4 is 14.8 Å². The van der Waals surface area contributed by atoms with Gasteiger partial charge in [0, 0.05) is 6.08 Å². The van der Waals surface area contributed by atoms with Crippen molar-refractivity contribution in [2.45, 2.75) is 6.92 Å². The Hall–Kier alpha value is -2.66. The molecule has 0 unspecified atom stereocenters. The van der Waals surface area contributed by atoms with Gasteiger partial charge in [-0.15, -0.1) is 11.3 Å². The molecule has 0 fully saturated rings. The van der Waals surface area contributed by atoms with Crippen molar-refractivity contribution >= 4 is 29.3 Å². The van der Waals surface area contributed by atoms with Crippen LogP contribution in [0.3, 0.4) is 0 Å². The molecule has 0 aliphatic rings. The van der Waals surface area contributed by atoms with Gasteiger partial charge < -0.3 is 9.40 Å². The van der Waals surface area contributed by atoms with Gasteiger partial charge in [0.15, 0.2) is 5.76 Å². The van der Waals surface area contributed by atoms with Crippen LogP contribution in [0.25, 0.3) is 12.2 Å². The summed E-state index contributed by atoms with van der Waals surface area (Å²) in [5.41, 5.74) is 1.88. The van der Waals surface area contributed by atoms with E-state index in [-0.39, 0.29) is 17.1 Å². The lowest BCUT2D eigenvalue weighted by molar-refractivity contribution is 0.103. The molecule has 1 N–H and O–H groups in total. The van der Waals surface area contributed by atoms with Crippen molar-refractivity contribution in [3.63, 3.8) is 0 Å². The van der Waals surface area contributed by atoms with Crippen molar-refractivity contribution in [1.29, 1.82) is 0 Å². The maximum Gasteiger partial charge on any atom is 0.266 e. The summed E-state index contributed by atoms with van der Waals surface area (Å²) in [5, 5.41) is 0. The SMILES string of the molecule is Cc1cccc(/C=c2\s/c(=C\C(=O)c3ccco3)[nH]c2=O)c1. The van der Waals surface area contributed by atoms with Gasteiger partial charge in [0.1, 0.15) is 0 Å². The van der Waals surface area contributed by atoms with E-state index < -0.39 is 0 Å². The Bertz CT molecular complexity index is 978. The number of rotatable bonds is 3. The van der Waals surface area contributed by atoms with Gasteiger partial charge in [0.25, 0.3) is 5.56 Å². The second kappa shape index (κ2) is 5.99. The number of hydrogen-bond acceptors (Lipinski definition) is 4. The maximum absolute atomic E-state index is 12.0. The van der Waals surface area contributed by atoms with Crippen LogP contribution in [0.4, 0.5) is 0 Å². The lowest BCUT2D eigenvalue weighted by atomic mass is 10.1. The highest BCUT2D eigenvalue weighted by atomic mass is 32.1. The van der Waals surface area contributed by atoms with Crippen LogP contribution in [0.5, 0.6) is 0 Å². The second-order valence-corrected chi connectivity index (χ2v) is 5.91. The highest BCUT2D eigenvalue weighted by Crippen LogP contribution is 2.04. The van der Waals surface area contributed by atoms with Crippen molar-refractivity contribution in [3.8, 4) is 0 Å². The summed E-state index contributed by atoms with van der Waals surface area (Å²) in [6, 6.07) is 11.1. The van der Waals surface area contributed by atoms with E-state index in [1.54, 1.807) is 12.1 Å². The van der Waals surface area contributed by atoms with E-state index in [9.17, 15) is 9.59 Å². The number of aryl methyl sites for hydroxylation is 1. The van der Waals surface area contributed by atoms with Crippen molar-refractivity contribution in [2.75, 3.05) is 0 Å². The molecule has 22 heavy (non-hydrogen) atoms. The molecule has 0 atom stereocenters. The number of H-pyrrole nitrogens is 1. The minimum Gasteiger partial charge on any atom is -0.461 e. The third kappa shape index (κ3) is 3.15. The molecule has 2 heterocycles. The number of Topliss-reactive ketones (excluding diaryl/α,β-unsaturated/α-hetero) is 1. The number of thiazole rings is 1. The Labute approximate surface area is 130 Å². The van der Waals surface area contributed by atoms with Gasteiger partial charge >= 0.3 is 0 Å². The van der Waals surface area contributed by atoms with Gasteiger partial charge in [-0.1, -0.05) is 29.8 Å². The molecule has 0 aliphatic heterocycles. The molecule has 0 radical (unpaired) electrons. The highest BCUT2D eigenvalue weighted by molar-refractivity contribution is 7.07. The number of benzene rings is 1. The molecular weight excluding hydrogens is 298 g/mol. The summed E-state index contributed by atoms with van der Waals surface area (Å²) < 4.78 is 6.10. The van der Waals surface area contributed by atoms with Crippen molar-refractivity contribution in [2.24, 2.45) is 0 Å². The first-order chi connectivity index (χ1) is 10.6. The average molecular weight is 311 g/mol. The van der Waals surface area contributed by atoms with E-state index in [1.165, 1.54) is 23.7 Å². The van der Waals surface area contributed by atoms with Gasteiger partial charge in [-0.05, 0) is 30.7 Å². The van der Waals surface area contributed by atoms with E-state index in [0.29, 0.717) is 9.20 Å². The molecule has 110 valence electrons. The zero-order chi connectivity index (χ0) is 15.5. The maximum atomic E-state index is 12.0. The Morgan fingerprint density at radius 2 is 2.14 bits per heavy atom. The predicted molar refractivity (Wildman–Crippen MR) is 86.4 cm³/mol. The minimum absolute atomic E-state index is 0.204. The predicted octanol–water partition coefficient (Wildman–Crippen LogP) is 1.83. The highest BCUT2D eigenvalue weighted by Gasteiger charge is 2.05. The Kier molecular flexibility index (Phi) is 3.89. The van der Waals surface area contributed by atoms with E-state index in [2.05, 4.69) is 4.98 Å². The van der Waals surface area contributed by atoms with Crippen LogP contribution in [-0.2, 0) is 0 Å². The van der Waals surface area contributed by atoms with E-state index in [4.69, 9.17) is 4.42 Å². The van der Waals surface area contributed by atoms with Crippen LogP contribution in [0, 0.1) is 6.92 Å². The summed E-state index contributed by atoms with van der Waals surface area (Å²) in [4.78, 5) is 26.6. The van der Waals surface area contributed by atoms with Crippen LogP contribution in [0.15, 0.2) is 51.9 Å². The van der Waals surface area contributed by atoms with Crippen molar-refractivity contribution < 1.29 is 9.21 Å². The first-order valence-electron chi connectivity index (χ1n) is 6.69. The molecule has 1 aromatic carbocycles. The first-order valence-corrected chi connectivity index (χ1v) is 7.50. The summed E-state index contributed by atoms with van der Waals surface area (Å²) >= 11 is 1.24. The molecule has 0 bridgehead atoms. The molecule has 0 saturated carbocycles. The van der Waals surface area contributed by atoms with Crippen LogP contribution in [0.1, 0.15) is 21.7 Å². The number of aromatic amines is 1. The number of furan rings is 1. The van der Waals surface area contributed by atoms with Crippen LogP contribution >= 0.6 is 11.3 Å². The number of nitrogens with one attached hydrogen (secondary N) is 1. The molecule has 0 amide bonds. The van der Waals surface area contributed by atoms with Crippen LogP contribution in [-0.4, -0.2) is 10.8 Å². The standard InChI is InChI=1S/C17H13NO3S/c1-11-4-2-5-12(8-11)9-15-17(20)18-16(22-15)10-13(19)14-6-3-7-21-14/h2-10H,1H3,(H,18,20)/b15-9-,16-10-. The van der Waals surface area contributed by atoms with Gasteiger partial charge in [-0.3, -0.25) is 9.59 Å². The molecule has 0 aliphatic carbocycles. The smallest absolute Gasteiger partial charge is 0.266 e. The van der Waals surface area contributed by atoms with Crippen molar-refractivity contribution in [3.05, 3.63) is 79.1 Å². The Morgan fingerprint density at radius 3 is 2.86 bits per heavy atom. The summed E-state index contributed by atoms with van der Waals surface area (Å²) in [6.07, 6.45) is 4.62. The third-order valence-electron chi connectivity index (χ3n) is 3.05. The number of aromatic nitrogens is 1. The molecule has 0 saturated heterocycles. The van der Waals surface area contributed by atoms with Gasteiger partial charge in [0.2, 0.25) is 5.78 Å². The summed E-state index contributed by atoms with van der Waals surface area (Å²) in [5.74, 6) is -0.0249. The largest absolute Gasteiger partial charge is 0.461 e. The van der Waals surface area contributed by atoms with E-state index in [0.717, 1.165) is 11.1 Å². The number of hydrogen-bond donors (Lipinski definition) is 1. The lowest BCUT2D eigenvalue weighted by Gasteiger charge is -1.93. The fourth-order valence-electron chi connectivity index (χ4n) is 2.04. The summed E-state index contributed by atoms with van der Waals surface area (Å²) in [7, 11) is 0. The molecule has 3 aromatic rings.